The molecule has 0 bridgehead atoms. The Kier molecular flexibility index (Phi) is 51.9. The van der Waals surface area contributed by atoms with Gasteiger partial charge in [0, 0.05) is 19.3 Å². The third kappa shape index (κ3) is 51.8. The number of carbonyl (C=O) groups is 3. The van der Waals surface area contributed by atoms with Crippen LogP contribution in [0.2, 0.25) is 0 Å². The van der Waals surface area contributed by atoms with Crippen molar-refractivity contribution in [3.8, 4) is 0 Å². The van der Waals surface area contributed by atoms with Crippen LogP contribution in [0.15, 0.2) is 72.9 Å². The third-order valence-corrected chi connectivity index (χ3v) is 11.9. The first kappa shape index (κ1) is 62.8. The van der Waals surface area contributed by atoms with Crippen LogP contribution >= 0.6 is 0 Å². The lowest BCUT2D eigenvalue weighted by atomic mass is 10.0. The van der Waals surface area contributed by atoms with Crippen molar-refractivity contribution in [3.05, 3.63) is 72.9 Å². The molecule has 0 saturated carbocycles. The number of unbranched alkanes of at least 4 members (excludes halogenated alkanes) is 27. The molecule has 0 aliphatic heterocycles. The molecule has 6 heteroatoms. The van der Waals surface area contributed by atoms with Gasteiger partial charge in [0.05, 0.1) is 0 Å². The minimum atomic E-state index is -0.803. The number of hydrogen-bond donors (Lipinski definition) is 0. The molecule has 380 valence electrons. The van der Waals surface area contributed by atoms with E-state index in [1.165, 1.54) is 135 Å². The molecule has 0 aliphatic rings. The van der Waals surface area contributed by atoms with Gasteiger partial charge in [0.25, 0.3) is 0 Å². The van der Waals surface area contributed by atoms with E-state index in [4.69, 9.17) is 14.2 Å². The molecule has 0 aliphatic carbocycles. The second-order valence-electron chi connectivity index (χ2n) is 18.5. The van der Waals surface area contributed by atoms with Gasteiger partial charge in [0.2, 0.25) is 0 Å². The predicted molar refractivity (Wildman–Crippen MR) is 284 cm³/mol. The van der Waals surface area contributed by atoms with E-state index in [0.717, 1.165) is 89.9 Å². The first-order valence-corrected chi connectivity index (χ1v) is 27.9. The van der Waals surface area contributed by atoms with Gasteiger partial charge in [-0.1, -0.05) is 241 Å². The highest BCUT2D eigenvalue weighted by Gasteiger charge is 2.19. The van der Waals surface area contributed by atoms with E-state index in [1.54, 1.807) is 0 Å². The second kappa shape index (κ2) is 54.5. The van der Waals surface area contributed by atoms with Crippen molar-refractivity contribution in [2.24, 2.45) is 0 Å². The smallest absolute Gasteiger partial charge is 0.306 e. The van der Waals surface area contributed by atoms with Crippen LogP contribution in [0.5, 0.6) is 0 Å². The van der Waals surface area contributed by atoms with Crippen molar-refractivity contribution in [2.45, 2.75) is 277 Å². The summed E-state index contributed by atoms with van der Waals surface area (Å²) in [7, 11) is 0. The molecule has 0 aromatic heterocycles. The van der Waals surface area contributed by atoms with Crippen LogP contribution in [-0.2, 0) is 28.6 Å². The number of esters is 3. The topological polar surface area (TPSA) is 78.9 Å². The second-order valence-corrected chi connectivity index (χ2v) is 18.5. The molecule has 66 heavy (non-hydrogen) atoms. The summed E-state index contributed by atoms with van der Waals surface area (Å²) in [4.78, 5) is 38.1. The SMILES string of the molecule is CC/C=C\C/C=C\C/C=C\CCCCCCC(=O)OCC(COC(=O)CCC/C=C\C/C=C\C/C=C\CCCCCCCC)OC(=O)CCCCCCCCCCCCCCCCCCC. The first-order chi connectivity index (χ1) is 32.5. The van der Waals surface area contributed by atoms with Crippen LogP contribution < -0.4 is 0 Å². The summed E-state index contributed by atoms with van der Waals surface area (Å²) < 4.78 is 16.8. The van der Waals surface area contributed by atoms with Crippen LogP contribution in [-0.4, -0.2) is 37.2 Å². The van der Waals surface area contributed by atoms with Crippen molar-refractivity contribution in [1.82, 2.24) is 0 Å². The predicted octanol–water partition coefficient (Wildman–Crippen LogP) is 18.6. The van der Waals surface area contributed by atoms with E-state index in [-0.39, 0.29) is 37.5 Å². The monoisotopic (exact) mass is 921 g/mol. The molecule has 6 nitrogen and oxygen atoms in total. The van der Waals surface area contributed by atoms with Crippen molar-refractivity contribution < 1.29 is 28.6 Å². The lowest BCUT2D eigenvalue weighted by Gasteiger charge is -2.18. The molecule has 0 radical (unpaired) electrons. The molecular weight excluding hydrogens is 817 g/mol. The fourth-order valence-corrected chi connectivity index (χ4v) is 7.77. The molecule has 0 aromatic rings. The average Bonchev–Trinajstić information content (AvgIpc) is 3.31. The molecule has 1 unspecified atom stereocenters. The fourth-order valence-electron chi connectivity index (χ4n) is 7.77. The van der Waals surface area contributed by atoms with Gasteiger partial charge in [-0.25, -0.2) is 0 Å². The first-order valence-electron chi connectivity index (χ1n) is 27.9. The zero-order valence-corrected chi connectivity index (χ0v) is 43.4. The Morgan fingerprint density at radius 3 is 0.985 bits per heavy atom. The zero-order chi connectivity index (χ0) is 47.9. The van der Waals surface area contributed by atoms with Crippen LogP contribution in [0, 0.1) is 0 Å². The van der Waals surface area contributed by atoms with Gasteiger partial charge >= 0.3 is 17.9 Å². The quantitative estimate of drug-likeness (QED) is 0.0262. The van der Waals surface area contributed by atoms with Gasteiger partial charge < -0.3 is 14.2 Å². The van der Waals surface area contributed by atoms with Crippen LogP contribution in [0.4, 0.5) is 0 Å². The van der Waals surface area contributed by atoms with Crippen LogP contribution in [0.1, 0.15) is 271 Å². The molecule has 1 atom stereocenters. The van der Waals surface area contributed by atoms with E-state index >= 15 is 0 Å². The number of rotatable bonds is 50. The van der Waals surface area contributed by atoms with Gasteiger partial charge in [-0.3, -0.25) is 14.4 Å². The van der Waals surface area contributed by atoms with E-state index < -0.39 is 6.10 Å². The van der Waals surface area contributed by atoms with Gasteiger partial charge in [-0.05, 0) is 83.5 Å². The van der Waals surface area contributed by atoms with Gasteiger partial charge in [0.15, 0.2) is 6.10 Å². The molecule has 0 rings (SSSR count). The highest BCUT2D eigenvalue weighted by atomic mass is 16.6. The molecule has 0 saturated heterocycles. The summed E-state index contributed by atoms with van der Waals surface area (Å²) in [5.41, 5.74) is 0. The van der Waals surface area contributed by atoms with Crippen molar-refractivity contribution in [1.29, 1.82) is 0 Å². The Labute approximate surface area is 408 Å². The van der Waals surface area contributed by atoms with Gasteiger partial charge in [0.1, 0.15) is 13.2 Å². The standard InChI is InChI=1S/C60H104O6/c1-4-7-10-13-16-19-22-25-28-30-32-35-38-41-44-47-50-53-59(62)65-56-57(55-64-58(61)52-49-46-43-40-37-34-27-24-21-18-15-12-9-6-3)66-60(63)54-51-48-45-42-39-36-33-31-29-26-23-20-17-14-11-8-5-2/h9,12,18,21,25,27-28,32,34-35,41,44,57H,4-8,10-11,13-17,19-20,22-24,26,29-31,33,36-40,42-43,45-56H2,1-3H3/b12-9-,21-18-,28-25-,34-27-,35-32-,44-41-. The zero-order valence-electron chi connectivity index (χ0n) is 43.4. The summed E-state index contributed by atoms with van der Waals surface area (Å²) in [6, 6.07) is 0. The molecule has 0 aromatic carbocycles. The lowest BCUT2D eigenvalue weighted by molar-refractivity contribution is -0.167. The Balaban J connectivity index is 4.46. The largest absolute Gasteiger partial charge is 0.462 e. The maximum atomic E-state index is 12.8. The van der Waals surface area contributed by atoms with Crippen molar-refractivity contribution >= 4 is 17.9 Å². The van der Waals surface area contributed by atoms with Gasteiger partial charge in [-0.15, -0.1) is 0 Å². The summed E-state index contributed by atoms with van der Waals surface area (Å²) in [5.74, 6) is -0.967. The summed E-state index contributed by atoms with van der Waals surface area (Å²) >= 11 is 0. The molecule has 0 fully saturated rings. The summed E-state index contributed by atoms with van der Waals surface area (Å²) in [5, 5.41) is 0. The Morgan fingerprint density at radius 1 is 0.318 bits per heavy atom. The number of ether oxygens (including phenoxy) is 3. The van der Waals surface area contributed by atoms with E-state index in [2.05, 4.69) is 93.7 Å². The highest BCUT2D eigenvalue weighted by Crippen LogP contribution is 2.16. The van der Waals surface area contributed by atoms with Crippen LogP contribution in [0.3, 0.4) is 0 Å². The maximum Gasteiger partial charge on any atom is 0.306 e. The Hall–Kier alpha value is -3.15. The van der Waals surface area contributed by atoms with E-state index in [1.807, 2.05) is 0 Å². The molecule has 0 amide bonds. The van der Waals surface area contributed by atoms with E-state index in [0.29, 0.717) is 19.3 Å². The number of hydrogen-bond acceptors (Lipinski definition) is 6. The highest BCUT2D eigenvalue weighted by molar-refractivity contribution is 5.71. The average molecular weight is 921 g/mol. The molecule has 0 N–H and O–H groups in total. The number of carbonyl (C=O) groups excluding carboxylic acids is 3. The Morgan fingerprint density at radius 2 is 0.606 bits per heavy atom. The van der Waals surface area contributed by atoms with Crippen molar-refractivity contribution in [3.63, 3.8) is 0 Å². The fraction of sp³-hybridized carbons (Fsp3) is 0.750. The molecular formula is C60H104O6. The molecule has 0 spiro atoms. The minimum absolute atomic E-state index is 0.101. The third-order valence-electron chi connectivity index (χ3n) is 11.9. The minimum Gasteiger partial charge on any atom is -0.462 e. The van der Waals surface area contributed by atoms with Crippen molar-refractivity contribution in [2.75, 3.05) is 13.2 Å². The number of allylic oxidation sites excluding steroid dienone is 12. The van der Waals surface area contributed by atoms with Crippen LogP contribution in [0.25, 0.3) is 0 Å². The lowest BCUT2D eigenvalue weighted by Crippen LogP contribution is -2.30. The Bertz CT molecular complexity index is 1240. The summed E-state index contributed by atoms with van der Waals surface area (Å²) in [6.07, 6.45) is 69.0. The summed E-state index contributed by atoms with van der Waals surface area (Å²) in [6.45, 7) is 6.48. The normalized spacial score (nSPS) is 12.6. The van der Waals surface area contributed by atoms with E-state index in [9.17, 15) is 14.4 Å². The van der Waals surface area contributed by atoms with Gasteiger partial charge in [-0.2, -0.15) is 0 Å². The maximum absolute atomic E-state index is 12.8. The molecule has 0 heterocycles.